The summed E-state index contributed by atoms with van der Waals surface area (Å²) in [7, 11) is 3.65. The first-order valence-electron chi connectivity index (χ1n) is 7.26. The quantitative estimate of drug-likeness (QED) is 0.840. The molecule has 0 amide bonds. The molecule has 112 valence electrons. The average molecular weight is 287 g/mol. The molecule has 0 bridgehead atoms. The molecule has 2 nitrogen and oxygen atoms in total. The van der Waals surface area contributed by atoms with E-state index >= 15 is 0 Å². The molecule has 0 spiro atoms. The number of rotatable bonds is 7. The number of halogens is 1. The van der Waals surface area contributed by atoms with Gasteiger partial charge in [0, 0.05) is 6.04 Å². The topological polar surface area (TPSA) is 21.3 Å². The molecule has 1 unspecified atom stereocenters. The standard InChI is InChI=1S/C18H22FNO/c1-20-17(13-15-3-8-16(19)9-4-15)10-5-14-6-11-18(21-2)12-7-14/h3-4,6-9,11-12,17,20H,5,10,13H2,1-2H3. The van der Waals surface area contributed by atoms with Gasteiger partial charge in [-0.05, 0) is 61.7 Å². The normalized spacial score (nSPS) is 12.1. The van der Waals surface area contributed by atoms with E-state index in [4.69, 9.17) is 4.74 Å². The molecule has 0 fully saturated rings. The zero-order valence-corrected chi connectivity index (χ0v) is 12.6. The number of nitrogens with one attached hydrogen (secondary N) is 1. The lowest BCUT2D eigenvalue weighted by Gasteiger charge is -2.16. The van der Waals surface area contributed by atoms with Gasteiger partial charge in [-0.2, -0.15) is 0 Å². The molecule has 0 aliphatic carbocycles. The van der Waals surface area contributed by atoms with Crippen LogP contribution in [-0.4, -0.2) is 20.2 Å². The van der Waals surface area contributed by atoms with Crippen molar-refractivity contribution in [2.45, 2.75) is 25.3 Å². The Morgan fingerprint density at radius 1 is 1.00 bits per heavy atom. The maximum Gasteiger partial charge on any atom is 0.123 e. The van der Waals surface area contributed by atoms with Gasteiger partial charge in [0.25, 0.3) is 0 Å². The van der Waals surface area contributed by atoms with Crippen LogP contribution in [0.5, 0.6) is 5.75 Å². The molecule has 0 saturated carbocycles. The van der Waals surface area contributed by atoms with Crippen molar-refractivity contribution >= 4 is 0 Å². The Bertz CT molecular complexity index is 536. The fourth-order valence-electron chi connectivity index (χ4n) is 2.39. The van der Waals surface area contributed by atoms with Crippen LogP contribution < -0.4 is 10.1 Å². The maximum absolute atomic E-state index is 12.9. The second-order valence-corrected chi connectivity index (χ2v) is 5.20. The fraction of sp³-hybridized carbons (Fsp3) is 0.333. The van der Waals surface area contributed by atoms with E-state index in [1.165, 1.54) is 17.7 Å². The van der Waals surface area contributed by atoms with Crippen molar-refractivity contribution < 1.29 is 9.13 Å². The van der Waals surface area contributed by atoms with E-state index < -0.39 is 0 Å². The van der Waals surface area contributed by atoms with Crippen LogP contribution >= 0.6 is 0 Å². The number of hydrogen-bond acceptors (Lipinski definition) is 2. The Kier molecular flexibility index (Phi) is 5.76. The lowest BCUT2D eigenvalue weighted by molar-refractivity contribution is 0.414. The third-order valence-electron chi connectivity index (χ3n) is 3.74. The first kappa shape index (κ1) is 15.5. The Balaban J connectivity index is 1.88. The number of ether oxygens (including phenoxy) is 1. The summed E-state index contributed by atoms with van der Waals surface area (Å²) in [4.78, 5) is 0. The molecule has 2 aromatic rings. The second kappa shape index (κ2) is 7.79. The lowest BCUT2D eigenvalue weighted by Crippen LogP contribution is -2.28. The third kappa shape index (κ3) is 4.87. The molecule has 0 aliphatic heterocycles. The minimum Gasteiger partial charge on any atom is -0.497 e. The van der Waals surface area contributed by atoms with Crippen LogP contribution in [0.15, 0.2) is 48.5 Å². The van der Waals surface area contributed by atoms with Gasteiger partial charge >= 0.3 is 0 Å². The summed E-state index contributed by atoms with van der Waals surface area (Å²) in [6.45, 7) is 0. The van der Waals surface area contributed by atoms with Crippen molar-refractivity contribution in [3.8, 4) is 5.75 Å². The molecule has 1 atom stereocenters. The number of likely N-dealkylation sites (N-methyl/N-ethyl adjacent to an activating group) is 1. The summed E-state index contributed by atoms with van der Waals surface area (Å²) in [6, 6.07) is 15.3. The molecule has 3 heteroatoms. The summed E-state index contributed by atoms with van der Waals surface area (Å²) >= 11 is 0. The van der Waals surface area contributed by atoms with Crippen LogP contribution in [0.4, 0.5) is 4.39 Å². The van der Waals surface area contributed by atoms with Crippen molar-refractivity contribution in [3.05, 3.63) is 65.5 Å². The Morgan fingerprint density at radius 3 is 2.19 bits per heavy atom. The van der Waals surface area contributed by atoms with Gasteiger partial charge in [0.15, 0.2) is 0 Å². The Hall–Kier alpha value is -1.87. The molecule has 0 radical (unpaired) electrons. The molecular formula is C18H22FNO. The van der Waals surface area contributed by atoms with Crippen molar-refractivity contribution in [1.29, 1.82) is 0 Å². The predicted molar refractivity (Wildman–Crippen MR) is 84.3 cm³/mol. The van der Waals surface area contributed by atoms with Gasteiger partial charge in [0.1, 0.15) is 11.6 Å². The lowest BCUT2D eigenvalue weighted by atomic mass is 9.99. The zero-order chi connectivity index (χ0) is 15.1. The molecule has 1 N–H and O–H groups in total. The molecule has 0 aliphatic rings. The predicted octanol–water partition coefficient (Wildman–Crippen LogP) is 3.60. The van der Waals surface area contributed by atoms with Crippen molar-refractivity contribution in [2.75, 3.05) is 14.2 Å². The highest BCUT2D eigenvalue weighted by atomic mass is 19.1. The van der Waals surface area contributed by atoms with Gasteiger partial charge in [-0.25, -0.2) is 4.39 Å². The van der Waals surface area contributed by atoms with Crippen LogP contribution in [0, 0.1) is 5.82 Å². The van der Waals surface area contributed by atoms with Crippen LogP contribution in [-0.2, 0) is 12.8 Å². The Labute approximate surface area is 126 Å². The molecule has 0 aromatic heterocycles. The largest absolute Gasteiger partial charge is 0.497 e. The highest BCUT2D eigenvalue weighted by Gasteiger charge is 2.08. The molecule has 2 rings (SSSR count). The fourth-order valence-corrected chi connectivity index (χ4v) is 2.39. The van der Waals surface area contributed by atoms with Gasteiger partial charge in [0.05, 0.1) is 7.11 Å². The highest BCUT2D eigenvalue weighted by molar-refractivity contribution is 5.27. The molecule has 21 heavy (non-hydrogen) atoms. The van der Waals surface area contributed by atoms with Crippen LogP contribution in [0.1, 0.15) is 17.5 Å². The van der Waals surface area contributed by atoms with E-state index in [0.717, 1.165) is 30.6 Å². The first-order chi connectivity index (χ1) is 10.2. The van der Waals surface area contributed by atoms with Gasteiger partial charge in [-0.3, -0.25) is 0 Å². The van der Waals surface area contributed by atoms with E-state index in [9.17, 15) is 4.39 Å². The summed E-state index contributed by atoms with van der Waals surface area (Å²) in [5, 5.41) is 3.34. The van der Waals surface area contributed by atoms with Crippen molar-refractivity contribution in [1.82, 2.24) is 5.32 Å². The van der Waals surface area contributed by atoms with Crippen molar-refractivity contribution in [2.24, 2.45) is 0 Å². The minimum absolute atomic E-state index is 0.182. The maximum atomic E-state index is 12.9. The van der Waals surface area contributed by atoms with Gasteiger partial charge in [-0.1, -0.05) is 24.3 Å². The van der Waals surface area contributed by atoms with Crippen LogP contribution in [0.2, 0.25) is 0 Å². The third-order valence-corrected chi connectivity index (χ3v) is 3.74. The second-order valence-electron chi connectivity index (χ2n) is 5.20. The SMILES string of the molecule is CNC(CCc1ccc(OC)cc1)Cc1ccc(F)cc1. The van der Waals surface area contributed by atoms with Gasteiger partial charge in [0.2, 0.25) is 0 Å². The zero-order valence-electron chi connectivity index (χ0n) is 12.6. The van der Waals surface area contributed by atoms with Crippen LogP contribution in [0.25, 0.3) is 0 Å². The number of benzene rings is 2. The highest BCUT2D eigenvalue weighted by Crippen LogP contribution is 2.14. The monoisotopic (exact) mass is 287 g/mol. The summed E-state index contributed by atoms with van der Waals surface area (Å²) in [5.41, 5.74) is 2.46. The first-order valence-corrected chi connectivity index (χ1v) is 7.26. The van der Waals surface area contributed by atoms with Crippen LogP contribution in [0.3, 0.4) is 0 Å². The van der Waals surface area contributed by atoms with E-state index in [-0.39, 0.29) is 5.82 Å². The van der Waals surface area contributed by atoms with E-state index in [1.54, 1.807) is 7.11 Å². The van der Waals surface area contributed by atoms with Crippen molar-refractivity contribution in [3.63, 3.8) is 0 Å². The summed E-state index contributed by atoms with van der Waals surface area (Å²) in [5.74, 6) is 0.702. The van der Waals surface area contributed by atoms with E-state index in [2.05, 4.69) is 17.4 Å². The molecule has 0 heterocycles. The smallest absolute Gasteiger partial charge is 0.123 e. The molecule has 0 saturated heterocycles. The van der Waals surface area contributed by atoms with Gasteiger partial charge in [-0.15, -0.1) is 0 Å². The average Bonchev–Trinajstić information content (AvgIpc) is 2.53. The molecule has 2 aromatic carbocycles. The summed E-state index contributed by atoms with van der Waals surface area (Å²) < 4.78 is 18.1. The van der Waals surface area contributed by atoms with E-state index in [0.29, 0.717) is 6.04 Å². The molecular weight excluding hydrogens is 265 g/mol. The number of methoxy groups -OCH3 is 1. The number of aryl methyl sites for hydroxylation is 1. The Morgan fingerprint density at radius 2 is 1.62 bits per heavy atom. The van der Waals surface area contributed by atoms with Gasteiger partial charge < -0.3 is 10.1 Å². The number of hydrogen-bond donors (Lipinski definition) is 1. The summed E-state index contributed by atoms with van der Waals surface area (Å²) in [6.07, 6.45) is 2.96. The van der Waals surface area contributed by atoms with E-state index in [1.807, 2.05) is 31.3 Å². The minimum atomic E-state index is -0.182.